The Morgan fingerprint density at radius 1 is 0.851 bits per heavy atom. The molecule has 12 heteroatoms. The fourth-order valence-corrected chi connectivity index (χ4v) is 6.67. The Labute approximate surface area is 278 Å². The Kier molecular flexibility index (Phi) is 12.1. The zero-order valence-corrected chi connectivity index (χ0v) is 27.2. The minimum Gasteiger partial charge on any atom is -0.354 e. The standard InChI is InChI=1S/C35H35ClF3N3O4S/c1-2-3-21-40-34(44)32(22-26-13-7-4-8-14-26)41(24-27-15-9-5-10-16-27)33(43)25-42(47(45,46)29-17-11-6-12-18-29)31-23-28(35(37,38)39)19-20-30(31)36/h4-20,23,32H,2-3,21-22,24-25H2,1H3,(H,40,44)/t32-/m1/s1. The van der Waals surface area contributed by atoms with Crippen molar-refractivity contribution < 1.29 is 31.2 Å². The van der Waals surface area contributed by atoms with Crippen molar-refractivity contribution in [1.29, 1.82) is 0 Å². The molecule has 7 nitrogen and oxygen atoms in total. The minimum absolute atomic E-state index is 0.0755. The van der Waals surface area contributed by atoms with Crippen LogP contribution < -0.4 is 9.62 Å². The van der Waals surface area contributed by atoms with Crippen LogP contribution in [0.1, 0.15) is 36.5 Å². The summed E-state index contributed by atoms with van der Waals surface area (Å²) in [6.45, 7) is 1.33. The van der Waals surface area contributed by atoms with Gasteiger partial charge in [-0.2, -0.15) is 13.2 Å². The third kappa shape index (κ3) is 9.36. The normalized spacial score (nSPS) is 12.3. The lowest BCUT2D eigenvalue weighted by molar-refractivity contribution is -0.140. The van der Waals surface area contributed by atoms with Gasteiger partial charge in [0, 0.05) is 19.5 Å². The molecule has 2 amide bonds. The van der Waals surface area contributed by atoms with Gasteiger partial charge in [0.1, 0.15) is 12.6 Å². The number of carbonyl (C=O) groups is 2. The predicted molar refractivity (Wildman–Crippen MR) is 176 cm³/mol. The third-order valence-electron chi connectivity index (χ3n) is 7.45. The van der Waals surface area contributed by atoms with Gasteiger partial charge in [-0.1, -0.05) is 104 Å². The molecule has 47 heavy (non-hydrogen) atoms. The van der Waals surface area contributed by atoms with Crippen LogP contribution >= 0.6 is 11.6 Å². The first kappa shape index (κ1) is 35.5. The smallest absolute Gasteiger partial charge is 0.354 e. The molecule has 0 spiro atoms. The van der Waals surface area contributed by atoms with Crippen LogP contribution in [0.25, 0.3) is 0 Å². The Balaban J connectivity index is 1.84. The van der Waals surface area contributed by atoms with Gasteiger partial charge in [-0.05, 0) is 47.9 Å². The molecule has 0 fully saturated rings. The number of sulfonamides is 1. The number of nitrogens with one attached hydrogen (secondary N) is 1. The topological polar surface area (TPSA) is 86.8 Å². The molecule has 0 saturated carbocycles. The van der Waals surface area contributed by atoms with E-state index >= 15 is 0 Å². The molecule has 0 radical (unpaired) electrons. The summed E-state index contributed by atoms with van der Waals surface area (Å²) in [5.41, 5.74) is -0.250. The highest BCUT2D eigenvalue weighted by Gasteiger charge is 2.37. The number of amides is 2. The van der Waals surface area contributed by atoms with Crippen LogP contribution in [0.4, 0.5) is 18.9 Å². The van der Waals surface area contributed by atoms with E-state index in [1.807, 2.05) is 25.1 Å². The van der Waals surface area contributed by atoms with E-state index in [-0.39, 0.29) is 22.9 Å². The zero-order chi connectivity index (χ0) is 34.0. The van der Waals surface area contributed by atoms with Gasteiger partial charge in [0.25, 0.3) is 10.0 Å². The van der Waals surface area contributed by atoms with E-state index in [4.69, 9.17) is 11.6 Å². The molecular formula is C35H35ClF3N3O4S. The monoisotopic (exact) mass is 685 g/mol. The molecule has 0 aliphatic carbocycles. The summed E-state index contributed by atoms with van der Waals surface area (Å²) in [5.74, 6) is -1.26. The lowest BCUT2D eigenvalue weighted by Crippen LogP contribution is -2.53. The van der Waals surface area contributed by atoms with E-state index in [1.54, 1.807) is 48.5 Å². The summed E-state index contributed by atoms with van der Waals surface area (Å²) in [4.78, 5) is 29.2. The van der Waals surface area contributed by atoms with Gasteiger partial charge < -0.3 is 10.2 Å². The summed E-state index contributed by atoms with van der Waals surface area (Å²) >= 11 is 6.36. The van der Waals surface area contributed by atoms with E-state index in [0.717, 1.165) is 24.1 Å². The third-order valence-corrected chi connectivity index (χ3v) is 9.54. The van der Waals surface area contributed by atoms with E-state index in [1.165, 1.54) is 29.2 Å². The molecule has 4 aromatic rings. The lowest BCUT2D eigenvalue weighted by atomic mass is 10.0. The molecule has 0 aliphatic heterocycles. The molecule has 0 unspecified atom stereocenters. The molecular weight excluding hydrogens is 651 g/mol. The Morgan fingerprint density at radius 2 is 1.43 bits per heavy atom. The minimum atomic E-state index is -4.82. The van der Waals surface area contributed by atoms with Crippen LogP contribution in [0.3, 0.4) is 0 Å². The van der Waals surface area contributed by atoms with Gasteiger partial charge in [0.15, 0.2) is 0 Å². The van der Waals surface area contributed by atoms with Crippen molar-refractivity contribution in [2.24, 2.45) is 0 Å². The highest BCUT2D eigenvalue weighted by molar-refractivity contribution is 7.92. The Hall–Kier alpha value is -4.35. The van der Waals surface area contributed by atoms with Crippen LogP contribution in [0.15, 0.2) is 114 Å². The summed E-state index contributed by atoms with van der Waals surface area (Å²) in [5, 5.41) is 2.58. The first-order valence-electron chi connectivity index (χ1n) is 15.0. The maximum absolute atomic E-state index is 14.4. The molecule has 4 rings (SSSR count). The second-order valence-electron chi connectivity index (χ2n) is 10.8. The van der Waals surface area contributed by atoms with Crippen molar-refractivity contribution in [1.82, 2.24) is 10.2 Å². The largest absolute Gasteiger partial charge is 0.416 e. The number of anilines is 1. The summed E-state index contributed by atoms with van der Waals surface area (Å²) in [7, 11) is -4.63. The van der Waals surface area contributed by atoms with Crippen molar-refractivity contribution in [3.05, 3.63) is 131 Å². The van der Waals surface area contributed by atoms with Crippen molar-refractivity contribution in [2.75, 3.05) is 17.4 Å². The molecule has 1 N–H and O–H groups in total. The van der Waals surface area contributed by atoms with Crippen LogP contribution in [0.2, 0.25) is 5.02 Å². The summed E-state index contributed by atoms with van der Waals surface area (Å²) in [6.07, 6.45) is -3.19. The number of nitrogens with zero attached hydrogens (tertiary/aromatic N) is 2. The fraction of sp³-hybridized carbons (Fsp3) is 0.257. The molecule has 4 aromatic carbocycles. The highest BCUT2D eigenvalue weighted by Crippen LogP contribution is 2.37. The average Bonchev–Trinajstić information content (AvgIpc) is 3.06. The van der Waals surface area contributed by atoms with Gasteiger partial charge >= 0.3 is 6.18 Å². The number of carbonyl (C=O) groups excluding carboxylic acids is 2. The van der Waals surface area contributed by atoms with Gasteiger partial charge in [-0.25, -0.2) is 8.42 Å². The van der Waals surface area contributed by atoms with Gasteiger partial charge in [-0.15, -0.1) is 0 Å². The number of hydrogen-bond donors (Lipinski definition) is 1. The van der Waals surface area contributed by atoms with Crippen LogP contribution in [-0.4, -0.2) is 44.3 Å². The number of unbranched alkanes of at least 4 members (excludes halogenated alkanes) is 1. The zero-order valence-electron chi connectivity index (χ0n) is 25.7. The maximum atomic E-state index is 14.4. The molecule has 0 aliphatic rings. The van der Waals surface area contributed by atoms with E-state index in [9.17, 15) is 31.2 Å². The lowest BCUT2D eigenvalue weighted by Gasteiger charge is -2.34. The first-order chi connectivity index (χ1) is 22.4. The molecule has 0 heterocycles. The SMILES string of the molecule is CCCCNC(=O)[C@@H](Cc1ccccc1)N(Cc1ccccc1)C(=O)CN(c1cc(C(F)(F)F)ccc1Cl)S(=O)(=O)c1ccccc1. The van der Waals surface area contributed by atoms with E-state index in [0.29, 0.717) is 28.9 Å². The van der Waals surface area contributed by atoms with Gasteiger partial charge in [0.2, 0.25) is 11.8 Å². The number of hydrogen-bond acceptors (Lipinski definition) is 4. The molecule has 0 aromatic heterocycles. The van der Waals surface area contributed by atoms with Gasteiger partial charge in [0.05, 0.1) is 21.2 Å². The van der Waals surface area contributed by atoms with Crippen LogP contribution in [0, 0.1) is 0 Å². The Bertz CT molecular complexity index is 1740. The van der Waals surface area contributed by atoms with Crippen LogP contribution in [-0.2, 0) is 38.8 Å². The number of alkyl halides is 3. The maximum Gasteiger partial charge on any atom is 0.416 e. The van der Waals surface area contributed by atoms with Crippen LogP contribution in [0.5, 0.6) is 0 Å². The summed E-state index contributed by atoms with van der Waals surface area (Å²) < 4.78 is 70.2. The number of halogens is 4. The summed E-state index contributed by atoms with van der Waals surface area (Å²) in [6, 6.07) is 26.1. The van der Waals surface area contributed by atoms with E-state index < -0.39 is 51.9 Å². The molecule has 0 saturated heterocycles. The predicted octanol–water partition coefficient (Wildman–Crippen LogP) is 7.11. The highest BCUT2D eigenvalue weighted by atomic mass is 35.5. The first-order valence-corrected chi connectivity index (χ1v) is 16.8. The number of benzene rings is 4. The Morgan fingerprint density at radius 3 is 2.00 bits per heavy atom. The second kappa shape index (κ2) is 16.0. The molecule has 1 atom stereocenters. The average molecular weight is 686 g/mol. The van der Waals surface area contributed by atoms with Crippen molar-refractivity contribution >= 4 is 39.1 Å². The van der Waals surface area contributed by atoms with Crippen molar-refractivity contribution in [2.45, 2.75) is 49.8 Å². The number of rotatable bonds is 14. The fourth-order valence-electron chi connectivity index (χ4n) is 4.95. The molecule has 248 valence electrons. The van der Waals surface area contributed by atoms with E-state index in [2.05, 4.69) is 5.32 Å². The van der Waals surface area contributed by atoms with Crippen molar-refractivity contribution in [3.63, 3.8) is 0 Å². The van der Waals surface area contributed by atoms with Crippen molar-refractivity contribution in [3.8, 4) is 0 Å². The molecule has 0 bridgehead atoms. The van der Waals surface area contributed by atoms with Gasteiger partial charge in [-0.3, -0.25) is 13.9 Å². The second-order valence-corrected chi connectivity index (χ2v) is 13.1. The quantitative estimate of drug-likeness (QED) is 0.143.